The highest BCUT2D eigenvalue weighted by atomic mass is 35.5. The van der Waals surface area contributed by atoms with Crippen LogP contribution in [0.2, 0.25) is 5.02 Å². The fraction of sp³-hybridized carbons (Fsp3) is 0.531. The van der Waals surface area contributed by atoms with Gasteiger partial charge in [-0.3, -0.25) is 4.79 Å². The summed E-state index contributed by atoms with van der Waals surface area (Å²) in [6.07, 6.45) is 8.82. The highest BCUT2D eigenvalue weighted by Gasteiger charge is 2.49. The molecule has 0 unspecified atom stereocenters. The lowest BCUT2D eigenvalue weighted by molar-refractivity contribution is -0.0469. The van der Waals surface area contributed by atoms with Gasteiger partial charge in [0.25, 0.3) is 5.91 Å². The monoisotopic (exact) mass is 598 g/mol. The molecule has 9 heteroatoms. The van der Waals surface area contributed by atoms with Crippen molar-refractivity contribution >= 4 is 33.2 Å². The number of aliphatic hydroxyl groups excluding tert-OH is 1. The fourth-order valence-electron chi connectivity index (χ4n) is 7.23. The average Bonchev–Trinajstić information content (AvgIpc) is 3.08. The number of aryl methyl sites for hydroxylation is 1. The van der Waals surface area contributed by atoms with Crippen molar-refractivity contribution in [3.63, 3.8) is 0 Å². The zero-order valence-corrected chi connectivity index (χ0v) is 25.3. The Morgan fingerprint density at radius 2 is 1.98 bits per heavy atom. The van der Waals surface area contributed by atoms with E-state index in [0.717, 1.165) is 42.8 Å². The summed E-state index contributed by atoms with van der Waals surface area (Å²) >= 11 is 6.38. The molecule has 220 valence electrons. The molecule has 7 nitrogen and oxygen atoms in total. The Labute approximate surface area is 248 Å². The maximum absolute atomic E-state index is 13.2. The van der Waals surface area contributed by atoms with Crippen molar-refractivity contribution in [3.8, 4) is 5.75 Å². The quantitative estimate of drug-likeness (QED) is 0.395. The SMILES string of the molecule is C[C@@H]1CC/C=C/[C@H](O)[C@]2(C)CC[C@H]2CN2C[C@@]3(CCCc4cc(Cl)ccc43)COc3ccc(cc32)C(=O)NS1(=O)=O. The van der Waals surface area contributed by atoms with E-state index in [0.29, 0.717) is 38.3 Å². The van der Waals surface area contributed by atoms with E-state index in [4.69, 9.17) is 16.3 Å². The first-order valence-corrected chi connectivity index (χ1v) is 16.6. The molecule has 4 aliphatic rings. The predicted octanol–water partition coefficient (Wildman–Crippen LogP) is 5.39. The predicted molar refractivity (Wildman–Crippen MR) is 161 cm³/mol. The van der Waals surface area contributed by atoms with E-state index in [2.05, 4.69) is 28.7 Å². The smallest absolute Gasteiger partial charge is 0.264 e. The number of benzene rings is 2. The van der Waals surface area contributed by atoms with Crippen molar-refractivity contribution in [1.29, 1.82) is 0 Å². The Kier molecular flexibility index (Phi) is 7.40. The third-order valence-electron chi connectivity index (χ3n) is 10.2. The van der Waals surface area contributed by atoms with Gasteiger partial charge in [-0.2, -0.15) is 0 Å². The standard InChI is InChI=1S/C32H39ClN2O5S/c1-21-6-3-4-8-29(36)31(2)15-13-24(31)18-35-19-32(14-5-7-22-16-25(33)10-11-26(22)32)20-40-28-12-9-23(17-27(28)35)30(37)34-41(21,38)39/h4,8-12,16-17,21,24,29,36H,3,5-7,13-15,18-20H2,1-2H3,(H,34,37)/b8-4+/t21-,24+,29+,31-,32+/m1/s1. The molecule has 41 heavy (non-hydrogen) atoms. The van der Waals surface area contributed by atoms with E-state index in [-0.39, 0.29) is 22.3 Å². The van der Waals surface area contributed by atoms with Gasteiger partial charge < -0.3 is 14.7 Å². The van der Waals surface area contributed by atoms with Crippen LogP contribution in [0.1, 0.15) is 73.9 Å². The van der Waals surface area contributed by atoms with E-state index < -0.39 is 27.3 Å². The van der Waals surface area contributed by atoms with Crippen molar-refractivity contribution in [2.24, 2.45) is 11.3 Å². The number of carbonyl (C=O) groups excluding carboxylic acids is 1. The van der Waals surface area contributed by atoms with Crippen molar-refractivity contribution in [2.45, 2.75) is 75.6 Å². The van der Waals surface area contributed by atoms with Crippen LogP contribution in [-0.4, -0.2) is 50.5 Å². The summed E-state index contributed by atoms with van der Waals surface area (Å²) < 4.78 is 34.7. The van der Waals surface area contributed by atoms with Crippen molar-refractivity contribution < 1.29 is 23.1 Å². The summed E-state index contributed by atoms with van der Waals surface area (Å²) in [4.78, 5) is 15.6. The number of aliphatic hydroxyl groups is 1. The van der Waals surface area contributed by atoms with Crippen molar-refractivity contribution in [1.82, 2.24) is 4.72 Å². The van der Waals surface area contributed by atoms with Crippen LogP contribution in [-0.2, 0) is 21.9 Å². The highest BCUT2D eigenvalue weighted by Crippen LogP contribution is 2.52. The van der Waals surface area contributed by atoms with Gasteiger partial charge in [-0.15, -0.1) is 0 Å². The number of allylic oxidation sites excluding steroid dienone is 1. The van der Waals surface area contributed by atoms with Crippen LogP contribution >= 0.6 is 11.6 Å². The van der Waals surface area contributed by atoms with Gasteiger partial charge in [-0.25, -0.2) is 13.1 Å². The molecule has 2 aromatic carbocycles. The molecule has 2 aliphatic carbocycles. The summed E-state index contributed by atoms with van der Waals surface area (Å²) in [5.74, 6) is 0.282. The first kappa shape index (κ1) is 28.6. The third-order valence-corrected chi connectivity index (χ3v) is 12.2. The van der Waals surface area contributed by atoms with E-state index in [1.54, 1.807) is 25.1 Å². The molecule has 1 amide bonds. The third kappa shape index (κ3) is 5.17. The van der Waals surface area contributed by atoms with Gasteiger partial charge >= 0.3 is 0 Å². The second kappa shape index (κ2) is 10.6. The van der Waals surface area contributed by atoms with Crippen LogP contribution in [0, 0.1) is 11.3 Å². The maximum atomic E-state index is 13.2. The minimum atomic E-state index is -3.87. The molecule has 0 aromatic heterocycles. The molecule has 0 radical (unpaired) electrons. The molecule has 2 aromatic rings. The minimum Gasteiger partial charge on any atom is -0.490 e. The second-order valence-electron chi connectivity index (χ2n) is 12.8. The van der Waals surface area contributed by atoms with Gasteiger partial charge in [0.05, 0.1) is 23.6 Å². The Balaban J connectivity index is 1.44. The number of nitrogens with one attached hydrogen (secondary N) is 1. The number of carbonyl (C=O) groups is 1. The molecular weight excluding hydrogens is 560 g/mol. The Hall–Kier alpha value is -2.55. The van der Waals surface area contributed by atoms with Crippen LogP contribution in [0.4, 0.5) is 5.69 Å². The molecule has 1 fully saturated rings. The average molecular weight is 599 g/mol. The molecule has 2 aliphatic heterocycles. The molecule has 1 spiro atoms. The van der Waals surface area contributed by atoms with E-state index in [9.17, 15) is 18.3 Å². The number of anilines is 1. The first-order valence-electron chi connectivity index (χ1n) is 14.7. The number of rotatable bonds is 0. The van der Waals surface area contributed by atoms with E-state index in [1.807, 2.05) is 18.2 Å². The number of hydrogen-bond acceptors (Lipinski definition) is 6. The number of nitrogens with zero attached hydrogens (tertiary/aromatic N) is 1. The molecule has 2 bridgehead atoms. The first-order chi connectivity index (χ1) is 19.5. The lowest BCUT2D eigenvalue weighted by Gasteiger charge is -2.52. The fourth-order valence-corrected chi connectivity index (χ4v) is 8.45. The summed E-state index contributed by atoms with van der Waals surface area (Å²) in [6, 6.07) is 11.4. The van der Waals surface area contributed by atoms with Crippen LogP contribution < -0.4 is 14.4 Å². The number of halogens is 1. The molecule has 2 heterocycles. The van der Waals surface area contributed by atoms with Crippen LogP contribution in [0.3, 0.4) is 0 Å². The van der Waals surface area contributed by atoms with Gasteiger partial charge in [0, 0.05) is 34.5 Å². The summed E-state index contributed by atoms with van der Waals surface area (Å²) in [5, 5.41) is 11.3. The van der Waals surface area contributed by atoms with Gasteiger partial charge in [-0.1, -0.05) is 36.7 Å². The topological polar surface area (TPSA) is 95.9 Å². The zero-order chi connectivity index (χ0) is 29.0. The number of ether oxygens (including phenoxy) is 1. The summed E-state index contributed by atoms with van der Waals surface area (Å²) in [7, 11) is -3.87. The van der Waals surface area contributed by atoms with Crippen molar-refractivity contribution in [3.05, 3.63) is 70.3 Å². The molecule has 2 N–H and O–H groups in total. The molecular formula is C32H39ClN2O5S. The van der Waals surface area contributed by atoms with Gasteiger partial charge in [-0.05, 0) is 99.2 Å². The lowest BCUT2D eigenvalue weighted by Crippen LogP contribution is -2.53. The number of fused-ring (bicyclic) bond motifs is 4. The maximum Gasteiger partial charge on any atom is 0.264 e. The molecule has 1 saturated carbocycles. The van der Waals surface area contributed by atoms with Gasteiger partial charge in [0.2, 0.25) is 10.0 Å². The normalized spacial score (nSPS) is 33.8. The van der Waals surface area contributed by atoms with E-state index >= 15 is 0 Å². The minimum absolute atomic E-state index is 0.239. The molecule has 5 atom stereocenters. The van der Waals surface area contributed by atoms with Crippen LogP contribution in [0.25, 0.3) is 0 Å². The van der Waals surface area contributed by atoms with Crippen LogP contribution in [0.15, 0.2) is 48.6 Å². The second-order valence-corrected chi connectivity index (χ2v) is 15.3. The van der Waals surface area contributed by atoms with Gasteiger partial charge in [0.1, 0.15) is 5.75 Å². The lowest BCUT2D eigenvalue weighted by atomic mass is 9.58. The number of amides is 1. The van der Waals surface area contributed by atoms with Crippen LogP contribution in [0.5, 0.6) is 5.75 Å². The summed E-state index contributed by atoms with van der Waals surface area (Å²) in [5.41, 5.74) is 3.01. The molecule has 6 rings (SSSR count). The number of hydrogen-bond donors (Lipinski definition) is 2. The zero-order valence-electron chi connectivity index (χ0n) is 23.7. The highest BCUT2D eigenvalue weighted by molar-refractivity contribution is 7.90. The summed E-state index contributed by atoms with van der Waals surface area (Å²) in [6.45, 7) is 5.64. The van der Waals surface area contributed by atoms with E-state index in [1.165, 1.54) is 11.1 Å². The Bertz CT molecular complexity index is 1490. The number of sulfonamides is 1. The molecule has 0 saturated heterocycles. The largest absolute Gasteiger partial charge is 0.490 e. The van der Waals surface area contributed by atoms with Crippen molar-refractivity contribution in [2.75, 3.05) is 24.6 Å². The Morgan fingerprint density at radius 1 is 1.15 bits per heavy atom. The Morgan fingerprint density at radius 3 is 2.76 bits per heavy atom. The van der Waals surface area contributed by atoms with Gasteiger partial charge in [0.15, 0.2) is 0 Å².